The molecule has 3 aromatic rings. The number of aryl methyl sites for hydroxylation is 2. The molecule has 0 bridgehead atoms. The third-order valence-electron chi connectivity index (χ3n) is 5.52. The van der Waals surface area contributed by atoms with Crippen molar-refractivity contribution in [3.8, 4) is 0 Å². The van der Waals surface area contributed by atoms with Crippen LogP contribution in [0.5, 0.6) is 0 Å². The van der Waals surface area contributed by atoms with Crippen LogP contribution in [0.4, 0.5) is 5.69 Å². The van der Waals surface area contributed by atoms with Gasteiger partial charge in [0.15, 0.2) is 5.16 Å². The van der Waals surface area contributed by atoms with Gasteiger partial charge in [-0.25, -0.2) is 4.98 Å². The molecule has 0 saturated heterocycles. The van der Waals surface area contributed by atoms with Gasteiger partial charge in [0.1, 0.15) is 4.83 Å². The highest BCUT2D eigenvalue weighted by Crippen LogP contribution is 2.34. The van der Waals surface area contributed by atoms with Gasteiger partial charge in [0.05, 0.1) is 11.1 Å². The normalized spacial score (nSPS) is 14.6. The van der Waals surface area contributed by atoms with Crippen LogP contribution in [0.1, 0.15) is 55.0 Å². The summed E-state index contributed by atoms with van der Waals surface area (Å²) in [6, 6.07) is 7.99. The molecule has 1 aliphatic rings. The van der Waals surface area contributed by atoms with Gasteiger partial charge in [0, 0.05) is 10.6 Å². The van der Waals surface area contributed by atoms with E-state index in [1.807, 2.05) is 12.1 Å². The molecule has 2 aromatic heterocycles. The van der Waals surface area contributed by atoms with Gasteiger partial charge in [-0.2, -0.15) is 0 Å². The van der Waals surface area contributed by atoms with Crippen molar-refractivity contribution in [1.82, 2.24) is 9.97 Å². The molecule has 0 spiro atoms. The van der Waals surface area contributed by atoms with E-state index in [-0.39, 0.29) is 17.2 Å². The first-order valence-corrected chi connectivity index (χ1v) is 11.9. The quantitative estimate of drug-likeness (QED) is 0.423. The standard InChI is InChI=1S/C22H25N3O2S2/c1-3-13(2)14-8-10-15(11-9-14)23-18(26)12-28-22-24-20(27)19-16-6-4-5-7-17(16)29-21(19)25-22/h8-11,13H,3-7,12H2,1-2H3,(H,23,26)(H,24,25,27). The second-order valence-corrected chi connectivity index (χ2v) is 9.58. The molecule has 1 amide bonds. The molecular formula is C22H25N3O2S2. The van der Waals surface area contributed by atoms with Gasteiger partial charge in [0.2, 0.25) is 5.91 Å². The maximum atomic E-state index is 12.6. The lowest BCUT2D eigenvalue weighted by Gasteiger charge is -2.10. The molecule has 7 heteroatoms. The van der Waals surface area contributed by atoms with Crippen molar-refractivity contribution in [3.63, 3.8) is 0 Å². The number of aromatic amines is 1. The number of rotatable bonds is 6. The maximum Gasteiger partial charge on any atom is 0.260 e. The molecule has 2 N–H and O–H groups in total. The molecule has 0 saturated carbocycles. The minimum Gasteiger partial charge on any atom is -0.325 e. The topological polar surface area (TPSA) is 74.8 Å². The Morgan fingerprint density at radius 3 is 2.79 bits per heavy atom. The van der Waals surface area contributed by atoms with Crippen LogP contribution in [-0.2, 0) is 17.6 Å². The fraction of sp³-hybridized carbons (Fsp3) is 0.409. The largest absolute Gasteiger partial charge is 0.325 e. The molecule has 0 radical (unpaired) electrons. The fourth-order valence-corrected chi connectivity index (χ4v) is 5.65. The van der Waals surface area contributed by atoms with E-state index in [9.17, 15) is 9.59 Å². The smallest absolute Gasteiger partial charge is 0.260 e. The van der Waals surface area contributed by atoms with E-state index < -0.39 is 0 Å². The van der Waals surface area contributed by atoms with Gasteiger partial charge in [-0.05, 0) is 61.3 Å². The Hall–Kier alpha value is -2.12. The van der Waals surface area contributed by atoms with Crippen LogP contribution in [0, 0.1) is 0 Å². The highest BCUT2D eigenvalue weighted by molar-refractivity contribution is 7.99. The summed E-state index contributed by atoms with van der Waals surface area (Å²) in [6.07, 6.45) is 5.40. The fourth-order valence-electron chi connectivity index (χ4n) is 3.67. The number of carbonyl (C=O) groups is 1. The van der Waals surface area contributed by atoms with Gasteiger partial charge in [-0.3, -0.25) is 9.59 Å². The highest BCUT2D eigenvalue weighted by Gasteiger charge is 2.20. The first kappa shape index (κ1) is 20.2. The Kier molecular flexibility index (Phi) is 6.06. The van der Waals surface area contributed by atoms with Crippen LogP contribution in [-0.4, -0.2) is 21.6 Å². The van der Waals surface area contributed by atoms with E-state index >= 15 is 0 Å². The van der Waals surface area contributed by atoms with Crippen molar-refractivity contribution in [2.75, 3.05) is 11.1 Å². The zero-order valence-corrected chi connectivity index (χ0v) is 18.3. The summed E-state index contributed by atoms with van der Waals surface area (Å²) in [7, 11) is 0. The van der Waals surface area contributed by atoms with Crippen molar-refractivity contribution in [2.24, 2.45) is 0 Å². The number of thioether (sulfide) groups is 1. The number of nitrogens with zero attached hydrogens (tertiary/aromatic N) is 1. The van der Waals surface area contributed by atoms with Gasteiger partial charge >= 0.3 is 0 Å². The minimum absolute atomic E-state index is 0.0852. The van der Waals surface area contributed by atoms with Gasteiger partial charge in [-0.15, -0.1) is 11.3 Å². The average molecular weight is 428 g/mol. The molecule has 1 aliphatic carbocycles. The predicted molar refractivity (Wildman–Crippen MR) is 121 cm³/mol. The molecule has 1 atom stereocenters. The van der Waals surface area contributed by atoms with E-state index in [4.69, 9.17) is 0 Å². The Balaban J connectivity index is 1.41. The van der Waals surface area contributed by atoms with Crippen LogP contribution in [0.2, 0.25) is 0 Å². The second-order valence-electron chi connectivity index (χ2n) is 7.53. The van der Waals surface area contributed by atoms with Crippen LogP contribution in [0.15, 0.2) is 34.2 Å². The van der Waals surface area contributed by atoms with Gasteiger partial charge in [0.25, 0.3) is 5.56 Å². The van der Waals surface area contributed by atoms with E-state index in [1.54, 1.807) is 11.3 Å². The lowest BCUT2D eigenvalue weighted by Crippen LogP contribution is -2.15. The zero-order valence-electron chi connectivity index (χ0n) is 16.7. The predicted octanol–water partition coefficient (Wildman–Crippen LogP) is 5.11. The molecule has 1 aromatic carbocycles. The van der Waals surface area contributed by atoms with E-state index in [0.717, 1.165) is 41.6 Å². The number of amides is 1. The van der Waals surface area contributed by atoms with Crippen molar-refractivity contribution in [2.45, 2.75) is 57.0 Å². The minimum atomic E-state index is -0.112. The summed E-state index contributed by atoms with van der Waals surface area (Å²) in [4.78, 5) is 34.4. The lowest BCUT2D eigenvalue weighted by molar-refractivity contribution is -0.113. The van der Waals surface area contributed by atoms with E-state index in [0.29, 0.717) is 11.1 Å². The molecule has 0 fully saturated rings. The third kappa shape index (κ3) is 4.41. The molecule has 1 unspecified atom stereocenters. The number of aromatic nitrogens is 2. The van der Waals surface area contributed by atoms with Crippen LogP contribution >= 0.6 is 23.1 Å². The Morgan fingerprint density at radius 1 is 1.28 bits per heavy atom. The van der Waals surface area contributed by atoms with Crippen molar-refractivity contribution in [3.05, 3.63) is 50.6 Å². The van der Waals surface area contributed by atoms with Crippen molar-refractivity contribution >= 4 is 44.9 Å². The number of H-pyrrole nitrogens is 1. The number of nitrogens with one attached hydrogen (secondary N) is 2. The Bertz CT molecular complexity index is 1090. The number of fused-ring (bicyclic) bond motifs is 3. The molecule has 29 heavy (non-hydrogen) atoms. The third-order valence-corrected chi connectivity index (χ3v) is 7.58. The number of hydrogen-bond acceptors (Lipinski definition) is 5. The van der Waals surface area contributed by atoms with Gasteiger partial charge in [-0.1, -0.05) is 37.7 Å². The first-order valence-electron chi connectivity index (χ1n) is 10.1. The average Bonchev–Trinajstić information content (AvgIpc) is 3.11. The molecule has 152 valence electrons. The van der Waals surface area contributed by atoms with Gasteiger partial charge < -0.3 is 10.3 Å². The number of anilines is 1. The van der Waals surface area contributed by atoms with Crippen LogP contribution in [0.25, 0.3) is 10.2 Å². The SMILES string of the molecule is CCC(C)c1ccc(NC(=O)CSc2nc3sc4c(c3c(=O)[nH]2)CCCC4)cc1. The summed E-state index contributed by atoms with van der Waals surface area (Å²) in [5, 5.41) is 4.16. The summed E-state index contributed by atoms with van der Waals surface area (Å²) in [5.41, 5.74) is 3.15. The molecule has 4 rings (SSSR count). The van der Waals surface area contributed by atoms with E-state index in [2.05, 4.69) is 41.3 Å². The monoisotopic (exact) mass is 427 g/mol. The Morgan fingerprint density at radius 2 is 2.03 bits per heavy atom. The summed E-state index contributed by atoms with van der Waals surface area (Å²) in [5.74, 6) is 0.600. The summed E-state index contributed by atoms with van der Waals surface area (Å²) in [6.45, 7) is 4.36. The lowest BCUT2D eigenvalue weighted by atomic mass is 9.97. The molecule has 0 aliphatic heterocycles. The van der Waals surface area contributed by atoms with Crippen LogP contribution < -0.4 is 10.9 Å². The highest BCUT2D eigenvalue weighted by atomic mass is 32.2. The Labute approximate surface area is 178 Å². The van der Waals surface area contributed by atoms with Crippen molar-refractivity contribution < 1.29 is 4.79 Å². The number of hydrogen-bond donors (Lipinski definition) is 2. The number of thiophene rings is 1. The number of benzene rings is 1. The van der Waals surface area contributed by atoms with Crippen LogP contribution in [0.3, 0.4) is 0 Å². The molecular weight excluding hydrogens is 402 g/mol. The first-order chi connectivity index (χ1) is 14.0. The van der Waals surface area contributed by atoms with E-state index in [1.165, 1.54) is 34.2 Å². The zero-order chi connectivity index (χ0) is 20.4. The molecule has 5 nitrogen and oxygen atoms in total. The van der Waals surface area contributed by atoms with Crippen molar-refractivity contribution in [1.29, 1.82) is 0 Å². The summed E-state index contributed by atoms with van der Waals surface area (Å²) >= 11 is 2.89. The molecule has 2 heterocycles. The number of carbonyl (C=O) groups excluding carboxylic acids is 1. The summed E-state index contributed by atoms with van der Waals surface area (Å²) < 4.78 is 0. The second kappa shape index (κ2) is 8.71. The maximum absolute atomic E-state index is 12.6.